The third-order valence-corrected chi connectivity index (χ3v) is 9.52. The minimum Gasteiger partial charge on any atom is -0.494 e. The largest absolute Gasteiger partial charge is 0.494 e. The van der Waals surface area contributed by atoms with Crippen molar-refractivity contribution in [2.24, 2.45) is 4.99 Å². The van der Waals surface area contributed by atoms with Crippen LogP contribution in [0.4, 0.5) is 0 Å². The van der Waals surface area contributed by atoms with Crippen molar-refractivity contribution >= 4 is 35.0 Å². The number of benzene rings is 5. The van der Waals surface area contributed by atoms with Crippen LogP contribution < -0.4 is 25.1 Å². The molecule has 0 radical (unpaired) electrons. The van der Waals surface area contributed by atoms with Gasteiger partial charge in [-0.3, -0.25) is 10.2 Å². The zero-order valence-electron chi connectivity index (χ0n) is 30.3. The van der Waals surface area contributed by atoms with E-state index < -0.39 is 17.6 Å². The summed E-state index contributed by atoms with van der Waals surface area (Å²) < 4.78 is 24.6. The second-order valence-corrected chi connectivity index (χ2v) is 13.8. The van der Waals surface area contributed by atoms with Crippen LogP contribution in [0, 0.1) is 0 Å². The molecule has 1 heterocycles. The summed E-state index contributed by atoms with van der Waals surface area (Å²) in [5.41, 5.74) is 8.81. The maximum absolute atomic E-state index is 14.3. The number of carbonyl (C=O) groups excluding carboxylic acids is 1. The van der Waals surface area contributed by atoms with Crippen LogP contribution in [0.5, 0.6) is 17.2 Å². The Bertz CT molecular complexity index is 2060. The molecule has 3 N–H and O–H groups in total. The van der Waals surface area contributed by atoms with Gasteiger partial charge in [-0.2, -0.15) is 0 Å². The smallest absolute Gasteiger partial charge is 0.266 e. The quantitative estimate of drug-likeness (QED) is 0.0438. The third-order valence-electron chi connectivity index (χ3n) is 8.95. The molecule has 2 atom stereocenters. The Morgan fingerprint density at radius 3 is 2.18 bits per heavy atom. The van der Waals surface area contributed by atoms with Crippen LogP contribution in [-0.2, 0) is 29.2 Å². The molecule has 0 fully saturated rings. The van der Waals surface area contributed by atoms with Gasteiger partial charge in [-0.25, -0.2) is 10.4 Å². The number of hydrogen-bond acceptors (Lipinski definition) is 8. The molecule has 0 saturated heterocycles. The maximum Gasteiger partial charge on any atom is 0.266 e. The fourth-order valence-electron chi connectivity index (χ4n) is 6.09. The number of aliphatic hydroxyl groups excluding tert-OH is 1. The molecule has 0 spiro atoms. The van der Waals surface area contributed by atoms with Crippen LogP contribution in [-0.4, -0.2) is 42.2 Å². The zero-order valence-corrected chi connectivity index (χ0v) is 31.8. The van der Waals surface area contributed by atoms with E-state index in [4.69, 9.17) is 52.2 Å². The van der Waals surface area contributed by atoms with Crippen LogP contribution in [0.2, 0.25) is 10.0 Å². The lowest BCUT2D eigenvalue weighted by molar-refractivity contribution is -0.129. The normalized spacial score (nSPS) is 16.1. The molecule has 0 bridgehead atoms. The Kier molecular flexibility index (Phi) is 13.8. The average Bonchev–Trinajstić information content (AvgIpc) is 3.59. The van der Waals surface area contributed by atoms with E-state index >= 15 is 0 Å². The molecule has 5 aromatic rings. The minimum absolute atomic E-state index is 0.0445. The number of hydrazine groups is 1. The first kappa shape index (κ1) is 39.4. The number of carbonyl (C=O) groups is 1. The fourth-order valence-corrected chi connectivity index (χ4v) is 6.60. The molecule has 9 nitrogen and oxygen atoms in total. The van der Waals surface area contributed by atoms with E-state index in [-0.39, 0.29) is 18.9 Å². The van der Waals surface area contributed by atoms with Gasteiger partial charge in [0.25, 0.3) is 5.91 Å². The summed E-state index contributed by atoms with van der Waals surface area (Å²) in [4.78, 5) is 19.2. The summed E-state index contributed by atoms with van der Waals surface area (Å²) in [5, 5.41) is 9.88. The van der Waals surface area contributed by atoms with Crippen molar-refractivity contribution in [1.29, 1.82) is 0 Å². The van der Waals surface area contributed by atoms with Gasteiger partial charge in [-0.1, -0.05) is 102 Å². The monoisotopic (exact) mass is 779 g/mol. The number of nitrogens with one attached hydrogen (secondary N) is 2. The van der Waals surface area contributed by atoms with Crippen molar-refractivity contribution in [3.05, 3.63) is 172 Å². The number of nitrogens with zero attached hydrogens (tertiary/aromatic N) is 1. The van der Waals surface area contributed by atoms with E-state index in [9.17, 15) is 4.79 Å². The topological polar surface area (TPSA) is 111 Å². The molecule has 1 aliphatic heterocycles. The molecular formula is C44H43Cl2N3O6. The van der Waals surface area contributed by atoms with Crippen molar-refractivity contribution in [2.75, 3.05) is 19.8 Å². The number of ether oxygens (including phenoxy) is 4. The molecule has 284 valence electrons. The van der Waals surface area contributed by atoms with E-state index in [1.54, 1.807) is 36.4 Å². The molecule has 11 heteroatoms. The SMILES string of the molecule is C=CC[C@]1(C(=O)NNCCc2ccc(OCc3ccccc3)c(OCc3ccccc3)c2)N=C(c2ccc(OCCCO)cc2)O[C@H]1c1ccc(Cl)cc1Cl. The van der Waals surface area contributed by atoms with E-state index in [0.29, 0.717) is 77.6 Å². The highest BCUT2D eigenvalue weighted by Crippen LogP contribution is 2.45. The van der Waals surface area contributed by atoms with Crippen molar-refractivity contribution in [1.82, 2.24) is 10.9 Å². The molecule has 0 saturated carbocycles. The van der Waals surface area contributed by atoms with Gasteiger partial charge in [0.1, 0.15) is 19.0 Å². The van der Waals surface area contributed by atoms with Crippen molar-refractivity contribution < 1.29 is 28.8 Å². The number of aliphatic imine (C=N–C) groups is 1. The van der Waals surface area contributed by atoms with Crippen LogP contribution in [0.1, 0.15) is 46.8 Å². The van der Waals surface area contributed by atoms with Gasteiger partial charge in [-0.05, 0) is 71.6 Å². The fraction of sp³-hybridized carbons (Fsp3) is 0.227. The Balaban J connectivity index is 1.17. The zero-order chi connectivity index (χ0) is 38.5. The summed E-state index contributed by atoms with van der Waals surface area (Å²) in [5.74, 6) is 1.76. The van der Waals surface area contributed by atoms with Gasteiger partial charge in [-0.15, -0.1) is 6.58 Å². The lowest BCUT2D eigenvalue weighted by Gasteiger charge is -2.30. The van der Waals surface area contributed by atoms with E-state index in [1.807, 2.05) is 91.0 Å². The van der Waals surface area contributed by atoms with Gasteiger partial charge in [0.05, 0.1) is 6.61 Å². The number of rotatable bonds is 19. The van der Waals surface area contributed by atoms with E-state index in [1.165, 1.54) is 0 Å². The highest BCUT2D eigenvalue weighted by atomic mass is 35.5. The molecule has 1 aliphatic rings. The second kappa shape index (κ2) is 19.3. The van der Waals surface area contributed by atoms with Crippen molar-refractivity contribution in [3.8, 4) is 17.2 Å². The summed E-state index contributed by atoms with van der Waals surface area (Å²) in [7, 11) is 0. The van der Waals surface area contributed by atoms with E-state index in [0.717, 1.165) is 16.7 Å². The summed E-state index contributed by atoms with van der Waals surface area (Å²) >= 11 is 12.9. The van der Waals surface area contributed by atoms with Crippen LogP contribution in [0.25, 0.3) is 0 Å². The standard InChI is InChI=1S/C44H43Cl2N3O6/c1-2-23-44(41(37-20-17-35(45)28-38(37)46)55-42(48-44)34-15-18-36(19-16-34)52-26-9-25-50)43(51)49-47-24-22-31-14-21-39(53-29-32-10-5-3-6-11-32)40(27-31)54-30-33-12-7-4-8-13-33/h2-8,10-21,27-28,41,47,50H,1,9,22-26,29-30H2,(H,49,51)/t41-,44-/m0/s1. The lowest BCUT2D eigenvalue weighted by atomic mass is 9.84. The van der Waals surface area contributed by atoms with Gasteiger partial charge >= 0.3 is 0 Å². The van der Waals surface area contributed by atoms with Crippen LogP contribution >= 0.6 is 23.2 Å². The Hall–Kier alpha value is -5.32. The van der Waals surface area contributed by atoms with Crippen molar-refractivity contribution in [3.63, 3.8) is 0 Å². The minimum atomic E-state index is -1.45. The van der Waals surface area contributed by atoms with Crippen LogP contribution in [0.3, 0.4) is 0 Å². The summed E-state index contributed by atoms with van der Waals surface area (Å²) in [6.45, 7) is 5.57. The first-order chi connectivity index (χ1) is 26.9. The molecule has 1 amide bonds. The Morgan fingerprint density at radius 1 is 0.836 bits per heavy atom. The predicted molar refractivity (Wildman–Crippen MR) is 216 cm³/mol. The maximum atomic E-state index is 14.3. The lowest BCUT2D eigenvalue weighted by Crippen LogP contribution is -2.52. The van der Waals surface area contributed by atoms with Gasteiger partial charge in [0.15, 0.2) is 23.1 Å². The second-order valence-electron chi connectivity index (χ2n) is 12.9. The van der Waals surface area contributed by atoms with E-state index in [2.05, 4.69) is 17.4 Å². The predicted octanol–water partition coefficient (Wildman–Crippen LogP) is 8.61. The summed E-state index contributed by atoms with van der Waals surface area (Å²) in [6.07, 6.45) is 2.00. The molecule has 0 aliphatic carbocycles. The molecule has 0 unspecified atom stereocenters. The average molecular weight is 781 g/mol. The Morgan fingerprint density at radius 2 is 1.53 bits per heavy atom. The first-order valence-electron chi connectivity index (χ1n) is 18.0. The number of hydrogen-bond donors (Lipinski definition) is 3. The van der Waals surface area contributed by atoms with Gasteiger partial charge in [0.2, 0.25) is 5.90 Å². The van der Waals surface area contributed by atoms with Gasteiger partial charge in [0, 0.05) is 47.2 Å². The Labute approximate surface area is 331 Å². The highest BCUT2D eigenvalue weighted by Gasteiger charge is 2.53. The molecular weight excluding hydrogens is 737 g/mol. The molecule has 6 rings (SSSR count). The number of amides is 1. The number of halogens is 2. The molecule has 5 aromatic carbocycles. The molecule has 0 aromatic heterocycles. The number of aliphatic hydroxyl groups is 1. The van der Waals surface area contributed by atoms with Crippen molar-refractivity contribution in [2.45, 2.75) is 44.1 Å². The molecule has 55 heavy (non-hydrogen) atoms. The van der Waals surface area contributed by atoms with Gasteiger partial charge < -0.3 is 24.1 Å². The highest BCUT2D eigenvalue weighted by molar-refractivity contribution is 6.35. The summed E-state index contributed by atoms with van der Waals surface area (Å²) in [6, 6.07) is 38.1. The third kappa shape index (κ3) is 10.3. The van der Waals surface area contributed by atoms with Crippen LogP contribution in [0.15, 0.2) is 139 Å². The first-order valence-corrected chi connectivity index (χ1v) is 18.8.